The third kappa shape index (κ3) is 7.10. The zero-order valence-electron chi connectivity index (χ0n) is 15.6. The number of aliphatic hydroxyl groups excluding tert-OH is 1. The van der Waals surface area contributed by atoms with Crippen LogP contribution in [0.5, 0.6) is 0 Å². The average Bonchev–Trinajstić information content (AvgIpc) is 3.08. The lowest BCUT2D eigenvalue weighted by molar-refractivity contribution is 0.131. The summed E-state index contributed by atoms with van der Waals surface area (Å²) in [6.07, 6.45) is 1.71. The maximum atomic E-state index is 9.35. The number of benzene rings is 1. The monoisotopic (exact) mass is 443 g/mol. The number of hydrogen-bond acceptors (Lipinski definition) is 4. The van der Waals surface area contributed by atoms with Gasteiger partial charge in [-0.05, 0) is 44.0 Å². The SMILES string of the molecule is CCNC(=NCC1(CCO)CCOC1)NCC(C)Sc1ccc(Br)cc1. The van der Waals surface area contributed by atoms with Crippen molar-refractivity contribution in [1.29, 1.82) is 0 Å². The number of nitrogens with one attached hydrogen (secondary N) is 2. The molecule has 1 aromatic rings. The number of thioether (sulfide) groups is 1. The Bertz CT molecular complexity index is 562. The third-order valence-electron chi connectivity index (χ3n) is 4.45. The van der Waals surface area contributed by atoms with Crippen molar-refractivity contribution in [3.63, 3.8) is 0 Å². The highest BCUT2D eigenvalue weighted by Gasteiger charge is 2.34. The van der Waals surface area contributed by atoms with E-state index in [0.717, 1.165) is 43.0 Å². The molecule has 26 heavy (non-hydrogen) atoms. The largest absolute Gasteiger partial charge is 0.396 e. The molecule has 3 N–H and O–H groups in total. The van der Waals surface area contributed by atoms with Crippen LogP contribution in [0.15, 0.2) is 38.6 Å². The predicted octanol–water partition coefficient (Wildman–Crippen LogP) is 3.27. The Kier molecular flexibility index (Phi) is 9.25. The summed E-state index contributed by atoms with van der Waals surface area (Å²) in [7, 11) is 0. The first-order valence-corrected chi connectivity index (χ1v) is 10.9. The van der Waals surface area contributed by atoms with E-state index >= 15 is 0 Å². The molecule has 1 aromatic carbocycles. The van der Waals surface area contributed by atoms with Crippen LogP contribution in [0.1, 0.15) is 26.7 Å². The van der Waals surface area contributed by atoms with Gasteiger partial charge in [-0.1, -0.05) is 22.9 Å². The molecule has 0 aliphatic carbocycles. The first-order chi connectivity index (χ1) is 12.6. The van der Waals surface area contributed by atoms with Crippen LogP contribution >= 0.6 is 27.7 Å². The van der Waals surface area contributed by atoms with Gasteiger partial charge in [0.1, 0.15) is 0 Å². The molecule has 1 saturated heterocycles. The number of nitrogens with zero attached hydrogens (tertiary/aromatic N) is 1. The van der Waals surface area contributed by atoms with E-state index in [-0.39, 0.29) is 12.0 Å². The lowest BCUT2D eigenvalue weighted by atomic mass is 9.84. The van der Waals surface area contributed by atoms with E-state index in [1.165, 1.54) is 4.90 Å². The van der Waals surface area contributed by atoms with E-state index in [0.29, 0.717) is 18.4 Å². The fourth-order valence-corrected chi connectivity index (χ4v) is 4.09. The Morgan fingerprint density at radius 1 is 1.38 bits per heavy atom. The third-order valence-corrected chi connectivity index (χ3v) is 6.09. The molecule has 0 saturated carbocycles. The Hall–Kier alpha value is -0.760. The zero-order valence-corrected chi connectivity index (χ0v) is 18.0. The first kappa shape index (κ1) is 21.5. The number of hydrogen-bond donors (Lipinski definition) is 3. The summed E-state index contributed by atoms with van der Waals surface area (Å²) in [4.78, 5) is 6.02. The van der Waals surface area contributed by atoms with Crippen molar-refractivity contribution >= 4 is 33.7 Å². The highest BCUT2D eigenvalue weighted by Crippen LogP contribution is 2.32. The predicted molar refractivity (Wildman–Crippen MR) is 113 cm³/mol. The van der Waals surface area contributed by atoms with Gasteiger partial charge in [0.2, 0.25) is 0 Å². The standard InChI is InChI=1S/C19H30BrN3O2S/c1-3-21-18(23-13-19(8-10-24)9-11-25-14-19)22-12-15(2)26-17-6-4-16(20)5-7-17/h4-7,15,24H,3,8-14H2,1-2H3,(H2,21,22,23). The fourth-order valence-electron chi connectivity index (χ4n) is 2.90. The summed E-state index contributed by atoms with van der Waals surface area (Å²) in [5, 5.41) is 16.5. The number of aliphatic hydroxyl groups is 1. The summed E-state index contributed by atoms with van der Waals surface area (Å²) >= 11 is 5.31. The molecule has 0 spiro atoms. The number of ether oxygens (including phenoxy) is 1. The van der Waals surface area contributed by atoms with Gasteiger partial charge in [-0.3, -0.25) is 4.99 Å². The van der Waals surface area contributed by atoms with Gasteiger partial charge in [0.15, 0.2) is 5.96 Å². The van der Waals surface area contributed by atoms with Crippen molar-refractivity contribution in [2.75, 3.05) is 39.5 Å². The van der Waals surface area contributed by atoms with Crippen LogP contribution in [0.2, 0.25) is 0 Å². The van der Waals surface area contributed by atoms with E-state index in [1.54, 1.807) is 0 Å². The summed E-state index contributed by atoms with van der Waals surface area (Å²) in [6.45, 7) is 8.24. The highest BCUT2D eigenvalue weighted by molar-refractivity contribution is 9.10. The molecule has 0 bridgehead atoms. The Labute approximate surface area is 169 Å². The lowest BCUT2D eigenvalue weighted by Crippen LogP contribution is -2.41. The van der Waals surface area contributed by atoms with Crippen LogP contribution in [0, 0.1) is 5.41 Å². The maximum Gasteiger partial charge on any atom is 0.191 e. The summed E-state index contributed by atoms with van der Waals surface area (Å²) in [6, 6.07) is 8.39. The van der Waals surface area contributed by atoms with Crippen molar-refractivity contribution in [3.05, 3.63) is 28.7 Å². The van der Waals surface area contributed by atoms with E-state index in [4.69, 9.17) is 9.73 Å². The Morgan fingerprint density at radius 2 is 2.15 bits per heavy atom. The van der Waals surface area contributed by atoms with Crippen molar-refractivity contribution < 1.29 is 9.84 Å². The van der Waals surface area contributed by atoms with Gasteiger partial charge >= 0.3 is 0 Å². The molecule has 0 radical (unpaired) electrons. The molecule has 1 aliphatic rings. The van der Waals surface area contributed by atoms with E-state index in [1.807, 2.05) is 11.8 Å². The lowest BCUT2D eigenvalue weighted by Gasteiger charge is -2.25. The second-order valence-electron chi connectivity index (χ2n) is 6.73. The van der Waals surface area contributed by atoms with Gasteiger partial charge < -0.3 is 20.5 Å². The number of guanidine groups is 1. The van der Waals surface area contributed by atoms with Gasteiger partial charge in [-0.25, -0.2) is 0 Å². The van der Waals surface area contributed by atoms with E-state index in [9.17, 15) is 5.11 Å². The summed E-state index contributed by atoms with van der Waals surface area (Å²) in [5.74, 6) is 0.833. The molecular formula is C19H30BrN3O2S. The highest BCUT2D eigenvalue weighted by atomic mass is 79.9. The molecule has 0 amide bonds. The van der Waals surface area contributed by atoms with Gasteiger partial charge in [0.05, 0.1) is 13.2 Å². The Balaban J connectivity index is 1.87. The van der Waals surface area contributed by atoms with Gasteiger partial charge in [0, 0.05) is 46.3 Å². The summed E-state index contributed by atoms with van der Waals surface area (Å²) < 4.78 is 6.65. The van der Waals surface area contributed by atoms with Crippen molar-refractivity contribution in [2.24, 2.45) is 10.4 Å². The van der Waals surface area contributed by atoms with Crippen LogP contribution in [0.4, 0.5) is 0 Å². The van der Waals surface area contributed by atoms with Gasteiger partial charge in [-0.2, -0.15) is 0 Å². The zero-order chi connectivity index (χ0) is 18.8. The van der Waals surface area contributed by atoms with Gasteiger partial charge in [0.25, 0.3) is 0 Å². The van der Waals surface area contributed by atoms with Crippen LogP contribution < -0.4 is 10.6 Å². The van der Waals surface area contributed by atoms with Crippen LogP contribution in [0.25, 0.3) is 0 Å². The molecule has 0 aromatic heterocycles. The average molecular weight is 444 g/mol. The Morgan fingerprint density at radius 3 is 2.77 bits per heavy atom. The first-order valence-electron chi connectivity index (χ1n) is 9.20. The minimum absolute atomic E-state index is 0.0190. The molecule has 2 rings (SSSR count). The molecule has 1 aliphatic heterocycles. The minimum atomic E-state index is -0.0190. The summed E-state index contributed by atoms with van der Waals surface area (Å²) in [5.41, 5.74) is -0.0190. The molecule has 2 atom stereocenters. The quantitative estimate of drug-likeness (QED) is 0.310. The normalized spacial score (nSPS) is 21.6. The fraction of sp³-hybridized carbons (Fsp3) is 0.632. The molecular weight excluding hydrogens is 414 g/mol. The topological polar surface area (TPSA) is 65.9 Å². The second kappa shape index (κ2) is 11.2. The van der Waals surface area contributed by atoms with Crippen molar-refractivity contribution in [2.45, 2.75) is 36.8 Å². The number of aliphatic imine (C=N–C) groups is 1. The van der Waals surface area contributed by atoms with E-state index in [2.05, 4.69) is 64.7 Å². The van der Waals surface area contributed by atoms with Crippen molar-refractivity contribution in [3.8, 4) is 0 Å². The van der Waals surface area contributed by atoms with Gasteiger partial charge in [-0.15, -0.1) is 11.8 Å². The van der Waals surface area contributed by atoms with Crippen LogP contribution in [0.3, 0.4) is 0 Å². The molecule has 146 valence electrons. The maximum absolute atomic E-state index is 9.35. The van der Waals surface area contributed by atoms with Crippen LogP contribution in [-0.2, 0) is 4.74 Å². The molecule has 1 fully saturated rings. The number of halogens is 1. The minimum Gasteiger partial charge on any atom is -0.396 e. The molecule has 1 heterocycles. The van der Waals surface area contributed by atoms with E-state index < -0.39 is 0 Å². The molecule has 5 nitrogen and oxygen atoms in total. The number of rotatable bonds is 9. The van der Waals surface area contributed by atoms with Crippen LogP contribution in [-0.4, -0.2) is 55.8 Å². The molecule has 2 unspecified atom stereocenters. The second-order valence-corrected chi connectivity index (χ2v) is 9.16. The molecule has 7 heteroatoms. The van der Waals surface area contributed by atoms with Crippen molar-refractivity contribution in [1.82, 2.24) is 10.6 Å². The smallest absolute Gasteiger partial charge is 0.191 e.